The Morgan fingerprint density at radius 1 is 1.25 bits per heavy atom. The minimum Gasteiger partial charge on any atom is -0.387 e. The average Bonchev–Trinajstić information content (AvgIpc) is 2.46. The number of benzene rings is 2. The van der Waals surface area contributed by atoms with E-state index in [1.54, 1.807) is 13.0 Å². The molecule has 20 heavy (non-hydrogen) atoms. The van der Waals surface area contributed by atoms with Crippen molar-refractivity contribution in [1.29, 1.82) is 0 Å². The number of aryl methyl sites for hydroxylation is 1. The maximum atomic E-state index is 10.7. The van der Waals surface area contributed by atoms with Crippen molar-refractivity contribution in [3.05, 3.63) is 69.8 Å². The van der Waals surface area contributed by atoms with Crippen LogP contribution >= 0.6 is 0 Å². The fraction of sp³-hybridized carbons (Fsp3) is 0.200. The molecule has 2 rings (SSSR count). The molecule has 0 saturated carbocycles. The Morgan fingerprint density at radius 2 is 1.95 bits per heavy atom. The summed E-state index contributed by atoms with van der Waals surface area (Å²) >= 11 is 0. The first-order chi connectivity index (χ1) is 9.58. The number of anilines is 1. The number of hydrogen-bond acceptors (Lipinski definition) is 4. The summed E-state index contributed by atoms with van der Waals surface area (Å²) in [6.45, 7) is 2.15. The second-order valence-corrected chi connectivity index (χ2v) is 4.56. The third-order valence-corrected chi connectivity index (χ3v) is 3.09. The van der Waals surface area contributed by atoms with Gasteiger partial charge >= 0.3 is 0 Å². The van der Waals surface area contributed by atoms with E-state index in [1.165, 1.54) is 12.1 Å². The Bertz CT molecular complexity index is 599. The fourth-order valence-electron chi connectivity index (χ4n) is 1.96. The molecule has 0 bridgehead atoms. The largest absolute Gasteiger partial charge is 0.387 e. The molecule has 2 aromatic rings. The van der Waals surface area contributed by atoms with Crippen molar-refractivity contribution < 1.29 is 10.0 Å². The van der Waals surface area contributed by atoms with Gasteiger partial charge in [0.1, 0.15) is 0 Å². The van der Waals surface area contributed by atoms with Gasteiger partial charge in [0.2, 0.25) is 0 Å². The maximum absolute atomic E-state index is 10.7. The Morgan fingerprint density at radius 3 is 2.55 bits per heavy atom. The maximum Gasteiger partial charge on any atom is 0.269 e. The number of nitro groups is 1. The SMILES string of the molecule is Cc1cc([N+](=O)[O-])ccc1NCC(O)c1ccccc1. The first-order valence-electron chi connectivity index (χ1n) is 6.30. The van der Waals surface area contributed by atoms with Crippen molar-refractivity contribution in [2.75, 3.05) is 11.9 Å². The lowest BCUT2D eigenvalue weighted by molar-refractivity contribution is -0.384. The highest BCUT2D eigenvalue weighted by Crippen LogP contribution is 2.22. The van der Waals surface area contributed by atoms with Crippen LogP contribution in [0.15, 0.2) is 48.5 Å². The molecule has 0 amide bonds. The van der Waals surface area contributed by atoms with Gasteiger partial charge < -0.3 is 10.4 Å². The van der Waals surface area contributed by atoms with Gasteiger partial charge in [-0.05, 0) is 24.1 Å². The van der Waals surface area contributed by atoms with E-state index in [-0.39, 0.29) is 5.69 Å². The highest BCUT2D eigenvalue weighted by atomic mass is 16.6. The summed E-state index contributed by atoms with van der Waals surface area (Å²) in [5.41, 5.74) is 2.46. The number of aliphatic hydroxyl groups is 1. The van der Waals surface area contributed by atoms with Gasteiger partial charge in [-0.1, -0.05) is 30.3 Å². The molecule has 0 heterocycles. The van der Waals surface area contributed by atoms with E-state index in [9.17, 15) is 15.2 Å². The molecule has 5 nitrogen and oxygen atoms in total. The standard InChI is InChI=1S/C15H16N2O3/c1-11-9-13(17(19)20)7-8-14(11)16-10-15(18)12-5-3-2-4-6-12/h2-9,15-16,18H,10H2,1H3. The Balaban J connectivity index is 2.02. The van der Waals surface area contributed by atoms with Crippen molar-refractivity contribution in [3.63, 3.8) is 0 Å². The number of nitro benzene ring substituents is 1. The monoisotopic (exact) mass is 272 g/mol. The highest BCUT2D eigenvalue weighted by Gasteiger charge is 2.10. The van der Waals surface area contributed by atoms with Crippen molar-refractivity contribution in [2.45, 2.75) is 13.0 Å². The quantitative estimate of drug-likeness (QED) is 0.648. The summed E-state index contributed by atoms with van der Waals surface area (Å²) in [6.07, 6.45) is -0.620. The van der Waals surface area contributed by atoms with Crippen LogP contribution in [-0.4, -0.2) is 16.6 Å². The van der Waals surface area contributed by atoms with Gasteiger partial charge in [-0.3, -0.25) is 10.1 Å². The third-order valence-electron chi connectivity index (χ3n) is 3.09. The van der Waals surface area contributed by atoms with E-state index in [4.69, 9.17) is 0 Å². The third kappa shape index (κ3) is 3.33. The highest BCUT2D eigenvalue weighted by molar-refractivity contribution is 5.55. The second kappa shape index (κ2) is 6.16. The normalized spacial score (nSPS) is 11.9. The molecule has 5 heteroatoms. The molecule has 0 aliphatic carbocycles. The van der Waals surface area contributed by atoms with Crippen LogP contribution in [0.1, 0.15) is 17.2 Å². The van der Waals surface area contributed by atoms with Crippen LogP contribution in [0.25, 0.3) is 0 Å². The number of non-ortho nitro benzene ring substituents is 1. The lowest BCUT2D eigenvalue weighted by Crippen LogP contribution is -2.12. The lowest BCUT2D eigenvalue weighted by atomic mass is 10.1. The second-order valence-electron chi connectivity index (χ2n) is 4.56. The molecule has 0 radical (unpaired) electrons. The van der Waals surface area contributed by atoms with Crippen molar-refractivity contribution in [1.82, 2.24) is 0 Å². The summed E-state index contributed by atoms with van der Waals surface area (Å²) in [4.78, 5) is 10.2. The molecule has 0 aliphatic heterocycles. The number of hydrogen-bond donors (Lipinski definition) is 2. The Hall–Kier alpha value is -2.40. The van der Waals surface area contributed by atoms with Gasteiger partial charge in [0.15, 0.2) is 0 Å². The lowest BCUT2D eigenvalue weighted by Gasteiger charge is -2.14. The van der Waals surface area contributed by atoms with Crippen LogP contribution in [0.2, 0.25) is 0 Å². The smallest absolute Gasteiger partial charge is 0.269 e. The molecule has 0 aliphatic rings. The molecule has 2 N–H and O–H groups in total. The van der Waals surface area contributed by atoms with Gasteiger partial charge in [-0.15, -0.1) is 0 Å². The molecular weight excluding hydrogens is 256 g/mol. The van der Waals surface area contributed by atoms with Crippen LogP contribution in [0.3, 0.4) is 0 Å². The molecule has 2 aromatic carbocycles. The zero-order valence-electron chi connectivity index (χ0n) is 11.1. The van der Waals surface area contributed by atoms with E-state index < -0.39 is 11.0 Å². The van der Waals surface area contributed by atoms with E-state index in [0.717, 1.165) is 16.8 Å². The molecule has 1 atom stereocenters. The van der Waals surface area contributed by atoms with Gasteiger partial charge in [-0.25, -0.2) is 0 Å². The number of nitrogens with zero attached hydrogens (tertiary/aromatic N) is 1. The Labute approximate surface area is 117 Å². The van der Waals surface area contributed by atoms with Crippen LogP contribution in [0.4, 0.5) is 11.4 Å². The summed E-state index contributed by atoms with van der Waals surface area (Å²) in [5, 5.41) is 23.8. The average molecular weight is 272 g/mol. The first kappa shape index (κ1) is 14.0. The summed E-state index contributed by atoms with van der Waals surface area (Å²) in [6, 6.07) is 14.0. The van der Waals surface area contributed by atoms with Gasteiger partial charge in [0, 0.05) is 24.4 Å². The Kier molecular flexibility index (Phi) is 4.32. The van der Waals surface area contributed by atoms with E-state index in [1.807, 2.05) is 30.3 Å². The fourth-order valence-corrected chi connectivity index (χ4v) is 1.96. The topological polar surface area (TPSA) is 75.4 Å². The van der Waals surface area contributed by atoms with Crippen LogP contribution in [0.5, 0.6) is 0 Å². The number of aliphatic hydroxyl groups excluding tert-OH is 1. The van der Waals surface area contributed by atoms with Crippen molar-refractivity contribution >= 4 is 11.4 Å². The minimum absolute atomic E-state index is 0.0663. The molecule has 0 aromatic heterocycles. The van der Waals surface area contributed by atoms with Crippen LogP contribution < -0.4 is 5.32 Å². The van der Waals surface area contributed by atoms with Gasteiger partial charge in [0.25, 0.3) is 5.69 Å². The van der Waals surface area contributed by atoms with E-state index >= 15 is 0 Å². The summed E-state index contributed by atoms with van der Waals surface area (Å²) < 4.78 is 0. The van der Waals surface area contributed by atoms with Gasteiger partial charge in [0.05, 0.1) is 11.0 Å². The number of nitrogens with one attached hydrogen (secondary N) is 1. The molecule has 0 saturated heterocycles. The zero-order valence-corrected chi connectivity index (χ0v) is 11.1. The van der Waals surface area contributed by atoms with Crippen LogP contribution in [-0.2, 0) is 0 Å². The molecule has 1 unspecified atom stereocenters. The number of rotatable bonds is 5. The van der Waals surface area contributed by atoms with Gasteiger partial charge in [-0.2, -0.15) is 0 Å². The molecule has 104 valence electrons. The summed E-state index contributed by atoms with van der Waals surface area (Å²) in [5.74, 6) is 0. The van der Waals surface area contributed by atoms with Crippen molar-refractivity contribution in [2.24, 2.45) is 0 Å². The first-order valence-corrected chi connectivity index (χ1v) is 6.30. The summed E-state index contributed by atoms with van der Waals surface area (Å²) in [7, 11) is 0. The molecule has 0 fully saturated rings. The van der Waals surface area contributed by atoms with Crippen LogP contribution in [0, 0.1) is 17.0 Å². The van der Waals surface area contributed by atoms with Crippen molar-refractivity contribution in [3.8, 4) is 0 Å². The van der Waals surface area contributed by atoms with E-state index in [2.05, 4.69) is 5.32 Å². The predicted molar refractivity (Wildman–Crippen MR) is 77.7 cm³/mol. The zero-order chi connectivity index (χ0) is 14.5. The molecule has 0 spiro atoms. The van der Waals surface area contributed by atoms with E-state index in [0.29, 0.717) is 6.54 Å². The molecular formula is C15H16N2O3. The minimum atomic E-state index is -0.620. The predicted octanol–water partition coefficient (Wildman–Crippen LogP) is 3.05.